The van der Waals surface area contributed by atoms with Gasteiger partial charge in [0.25, 0.3) is 0 Å². The van der Waals surface area contributed by atoms with Gasteiger partial charge in [0.1, 0.15) is 12.6 Å². The van der Waals surface area contributed by atoms with E-state index in [4.69, 9.17) is 21.6 Å². The van der Waals surface area contributed by atoms with Crippen LogP contribution in [0.4, 0.5) is 5.69 Å². The number of esters is 1. The highest BCUT2D eigenvalue weighted by Crippen LogP contribution is 2.26. The van der Waals surface area contributed by atoms with E-state index in [1.807, 2.05) is 6.92 Å². The molecule has 1 aromatic carbocycles. The van der Waals surface area contributed by atoms with Crippen LogP contribution in [0.15, 0.2) is 18.2 Å². The molecule has 0 amide bonds. The highest BCUT2D eigenvalue weighted by molar-refractivity contribution is 6.32. The minimum absolute atomic E-state index is 0.110. The van der Waals surface area contributed by atoms with Crippen molar-refractivity contribution in [1.82, 2.24) is 0 Å². The quantitative estimate of drug-likeness (QED) is 0.769. The van der Waals surface area contributed by atoms with Crippen LogP contribution in [0.25, 0.3) is 0 Å². The molecule has 0 aliphatic rings. The minimum atomic E-state index is -0.316. The first-order valence-corrected chi connectivity index (χ1v) is 6.11. The van der Waals surface area contributed by atoms with Crippen molar-refractivity contribution >= 4 is 23.3 Å². The largest absolute Gasteiger partial charge is 0.465 e. The first-order valence-electron chi connectivity index (χ1n) is 5.73. The molecule has 0 spiro atoms. The number of hydrogen-bond acceptors (Lipinski definition) is 4. The smallest absolute Gasteiger partial charge is 0.325 e. The molecule has 0 saturated heterocycles. The fourth-order valence-corrected chi connectivity index (χ4v) is 1.83. The van der Waals surface area contributed by atoms with Crippen molar-refractivity contribution in [3.63, 3.8) is 0 Å². The Morgan fingerprint density at radius 1 is 1.50 bits per heavy atom. The van der Waals surface area contributed by atoms with E-state index in [0.29, 0.717) is 29.4 Å². The number of hydrogen-bond donors (Lipinski definition) is 0. The van der Waals surface area contributed by atoms with Gasteiger partial charge in [0.05, 0.1) is 22.9 Å². The Bertz CT molecular complexity index is 469. The van der Waals surface area contributed by atoms with Crippen LogP contribution in [0, 0.1) is 11.3 Å². The zero-order valence-electron chi connectivity index (χ0n) is 10.4. The summed E-state index contributed by atoms with van der Waals surface area (Å²) >= 11 is 5.96. The number of rotatable bonds is 5. The van der Waals surface area contributed by atoms with Gasteiger partial charge in [-0.3, -0.25) is 4.79 Å². The molecule has 18 heavy (non-hydrogen) atoms. The van der Waals surface area contributed by atoms with Crippen molar-refractivity contribution in [2.45, 2.75) is 13.8 Å². The van der Waals surface area contributed by atoms with Crippen LogP contribution in [0.1, 0.15) is 19.4 Å². The molecule has 96 valence electrons. The average molecular weight is 267 g/mol. The maximum Gasteiger partial charge on any atom is 0.325 e. The van der Waals surface area contributed by atoms with Crippen LogP contribution in [-0.4, -0.2) is 25.7 Å². The van der Waals surface area contributed by atoms with E-state index in [1.165, 1.54) is 0 Å². The van der Waals surface area contributed by atoms with Crippen molar-refractivity contribution in [3.05, 3.63) is 28.8 Å². The summed E-state index contributed by atoms with van der Waals surface area (Å²) in [5, 5.41) is 9.49. The lowest BCUT2D eigenvalue weighted by Crippen LogP contribution is -2.31. The standard InChI is InChI=1S/C13H15ClN2O2/c1-3-16(9-13(17)18-4-2)12-7-5-6-11(14)10(12)8-15/h5-7H,3-4,9H2,1-2H3. The predicted molar refractivity (Wildman–Crippen MR) is 70.7 cm³/mol. The number of ether oxygens (including phenoxy) is 1. The fourth-order valence-electron chi connectivity index (χ4n) is 1.62. The Morgan fingerprint density at radius 2 is 2.22 bits per heavy atom. The molecule has 0 aliphatic carbocycles. The Labute approximate surface area is 112 Å². The first-order chi connectivity index (χ1) is 8.63. The number of halogens is 1. The third-order valence-corrected chi connectivity index (χ3v) is 2.77. The Hall–Kier alpha value is -1.73. The molecule has 0 radical (unpaired) electrons. The number of likely N-dealkylation sites (N-methyl/N-ethyl adjacent to an activating group) is 1. The third kappa shape index (κ3) is 3.38. The molecule has 0 heterocycles. The second kappa shape index (κ2) is 6.87. The maximum atomic E-state index is 11.5. The highest BCUT2D eigenvalue weighted by atomic mass is 35.5. The molecule has 0 unspecified atom stereocenters. The maximum absolute atomic E-state index is 11.5. The second-order valence-corrected chi connectivity index (χ2v) is 3.97. The van der Waals surface area contributed by atoms with Crippen LogP contribution < -0.4 is 4.90 Å². The van der Waals surface area contributed by atoms with Gasteiger partial charge >= 0.3 is 5.97 Å². The fraction of sp³-hybridized carbons (Fsp3) is 0.385. The van der Waals surface area contributed by atoms with Crippen LogP contribution in [0.2, 0.25) is 5.02 Å². The summed E-state index contributed by atoms with van der Waals surface area (Å²) in [6.07, 6.45) is 0. The zero-order valence-corrected chi connectivity index (χ0v) is 11.2. The topological polar surface area (TPSA) is 53.3 Å². The molecular formula is C13H15ClN2O2. The van der Waals surface area contributed by atoms with Crippen molar-refractivity contribution in [3.8, 4) is 6.07 Å². The molecule has 4 nitrogen and oxygen atoms in total. The van der Waals surface area contributed by atoms with Gasteiger partial charge in [-0.2, -0.15) is 5.26 Å². The molecule has 1 aromatic rings. The average Bonchev–Trinajstić information content (AvgIpc) is 2.36. The first kappa shape index (κ1) is 14.3. The molecule has 1 rings (SSSR count). The zero-order chi connectivity index (χ0) is 13.5. The normalized spacial score (nSPS) is 9.67. The van der Waals surface area contributed by atoms with Crippen molar-refractivity contribution < 1.29 is 9.53 Å². The molecule has 0 bridgehead atoms. The van der Waals surface area contributed by atoms with E-state index >= 15 is 0 Å². The van der Waals surface area contributed by atoms with Crippen molar-refractivity contribution in [2.24, 2.45) is 0 Å². The molecule has 0 atom stereocenters. The lowest BCUT2D eigenvalue weighted by molar-refractivity contribution is -0.141. The Balaban J connectivity index is 2.99. The summed E-state index contributed by atoms with van der Waals surface area (Å²) in [5.74, 6) is -0.316. The van der Waals surface area contributed by atoms with Gasteiger partial charge in [0.15, 0.2) is 0 Å². The SMILES string of the molecule is CCOC(=O)CN(CC)c1cccc(Cl)c1C#N. The highest BCUT2D eigenvalue weighted by Gasteiger charge is 2.15. The number of benzene rings is 1. The lowest BCUT2D eigenvalue weighted by atomic mass is 10.1. The van der Waals surface area contributed by atoms with Gasteiger partial charge in [-0.05, 0) is 26.0 Å². The predicted octanol–water partition coefficient (Wildman–Crippen LogP) is 2.60. The van der Waals surface area contributed by atoms with Gasteiger partial charge in [-0.1, -0.05) is 17.7 Å². The molecule has 0 fully saturated rings. The van der Waals surface area contributed by atoms with E-state index in [0.717, 1.165) is 0 Å². The van der Waals surface area contributed by atoms with Gasteiger partial charge in [-0.15, -0.1) is 0 Å². The molecule has 0 saturated carbocycles. The van der Waals surface area contributed by atoms with E-state index in [9.17, 15) is 4.79 Å². The molecule has 0 aromatic heterocycles. The Morgan fingerprint density at radius 3 is 2.78 bits per heavy atom. The van der Waals surface area contributed by atoms with Crippen molar-refractivity contribution in [2.75, 3.05) is 24.6 Å². The van der Waals surface area contributed by atoms with E-state index in [1.54, 1.807) is 30.0 Å². The van der Waals surface area contributed by atoms with Crippen LogP contribution in [-0.2, 0) is 9.53 Å². The summed E-state index contributed by atoms with van der Waals surface area (Å²) in [4.78, 5) is 13.3. The molecule has 5 heteroatoms. The van der Waals surface area contributed by atoms with Crippen LogP contribution in [0.3, 0.4) is 0 Å². The lowest BCUT2D eigenvalue weighted by Gasteiger charge is -2.23. The van der Waals surface area contributed by atoms with E-state index < -0.39 is 0 Å². The van der Waals surface area contributed by atoms with Gasteiger partial charge in [0.2, 0.25) is 0 Å². The summed E-state index contributed by atoms with van der Waals surface area (Å²) in [6.45, 7) is 4.71. The number of carbonyl (C=O) groups excluding carboxylic acids is 1. The van der Waals surface area contributed by atoms with Gasteiger partial charge < -0.3 is 9.64 Å². The molecule has 0 aliphatic heterocycles. The third-order valence-electron chi connectivity index (χ3n) is 2.45. The monoisotopic (exact) mass is 266 g/mol. The second-order valence-electron chi connectivity index (χ2n) is 3.56. The summed E-state index contributed by atoms with van der Waals surface area (Å²) in [5.41, 5.74) is 1.03. The number of carbonyl (C=O) groups is 1. The van der Waals surface area contributed by atoms with Crippen LogP contribution >= 0.6 is 11.6 Å². The molecular weight excluding hydrogens is 252 g/mol. The number of nitriles is 1. The van der Waals surface area contributed by atoms with Gasteiger partial charge in [-0.25, -0.2) is 0 Å². The van der Waals surface area contributed by atoms with Crippen molar-refractivity contribution in [1.29, 1.82) is 5.26 Å². The number of nitrogens with zero attached hydrogens (tertiary/aromatic N) is 2. The number of anilines is 1. The summed E-state index contributed by atoms with van der Waals surface area (Å²) in [6, 6.07) is 7.24. The van der Waals surface area contributed by atoms with E-state index in [-0.39, 0.29) is 12.5 Å². The summed E-state index contributed by atoms with van der Waals surface area (Å²) in [7, 11) is 0. The summed E-state index contributed by atoms with van der Waals surface area (Å²) < 4.78 is 4.90. The Kier molecular flexibility index (Phi) is 5.47. The van der Waals surface area contributed by atoms with Crippen LogP contribution in [0.5, 0.6) is 0 Å². The molecule has 0 N–H and O–H groups in total. The van der Waals surface area contributed by atoms with E-state index in [2.05, 4.69) is 6.07 Å². The minimum Gasteiger partial charge on any atom is -0.465 e. The van der Waals surface area contributed by atoms with Gasteiger partial charge in [0, 0.05) is 6.54 Å².